The van der Waals surface area contributed by atoms with Gasteiger partial charge in [0.15, 0.2) is 11.5 Å². The molecular weight excluding hydrogens is 526 g/mol. The molecule has 1 fully saturated rings. The summed E-state index contributed by atoms with van der Waals surface area (Å²) in [4.78, 5) is 35.8. The average Bonchev–Trinajstić information content (AvgIpc) is 3.41. The van der Waals surface area contributed by atoms with Crippen molar-refractivity contribution in [1.82, 2.24) is 9.97 Å². The Balaban J connectivity index is 1.75. The van der Waals surface area contributed by atoms with Crippen LogP contribution in [0.5, 0.6) is 11.5 Å². The van der Waals surface area contributed by atoms with Gasteiger partial charge in [-0.05, 0) is 54.4 Å². The first-order chi connectivity index (χ1) is 17.3. The Kier molecular flexibility index (Phi) is 6.01. The molecule has 36 heavy (non-hydrogen) atoms. The number of halogens is 1. The second kappa shape index (κ2) is 9.16. The van der Waals surface area contributed by atoms with Crippen LogP contribution in [0.25, 0.3) is 16.8 Å². The number of nitrogens with zero attached hydrogens (tertiary/aromatic N) is 2. The average molecular weight is 548 g/mol. The second-order valence-electron chi connectivity index (χ2n) is 8.37. The molecule has 182 valence electrons. The second-order valence-corrected chi connectivity index (χ2v) is 9.29. The number of aromatic amines is 1. The zero-order chi connectivity index (χ0) is 25.6. The molecule has 1 aliphatic rings. The Labute approximate surface area is 215 Å². The van der Waals surface area contributed by atoms with E-state index in [1.807, 2.05) is 25.1 Å². The van der Waals surface area contributed by atoms with Gasteiger partial charge in [-0.1, -0.05) is 40.2 Å². The summed E-state index contributed by atoms with van der Waals surface area (Å²) in [5.41, 5.74) is 3.30. The summed E-state index contributed by atoms with van der Waals surface area (Å²) in [6.45, 7) is 1.95. The number of rotatable bonds is 5. The number of hydrogen-bond donors (Lipinski definition) is 2. The molecule has 1 amide bonds. The Morgan fingerprint density at radius 1 is 1.00 bits per heavy atom. The van der Waals surface area contributed by atoms with Crippen LogP contribution in [0.4, 0.5) is 5.95 Å². The number of benzene rings is 3. The maximum absolute atomic E-state index is 13.4. The minimum absolute atomic E-state index is 0.0498. The first-order valence-electron chi connectivity index (χ1n) is 11.1. The summed E-state index contributed by atoms with van der Waals surface area (Å²) in [6.07, 6.45) is 0. The van der Waals surface area contributed by atoms with E-state index in [1.54, 1.807) is 42.5 Å². The van der Waals surface area contributed by atoms with E-state index >= 15 is 0 Å². The highest BCUT2D eigenvalue weighted by Crippen LogP contribution is 2.43. The fraction of sp³-hybridized carbons (Fsp3) is 0.148. The number of H-pyrrole nitrogens is 1. The number of ether oxygens (including phenoxy) is 2. The van der Waals surface area contributed by atoms with Gasteiger partial charge in [0.25, 0.3) is 5.78 Å². The molecule has 1 atom stereocenters. The van der Waals surface area contributed by atoms with Crippen LogP contribution in [-0.4, -0.2) is 41.0 Å². The number of aliphatic hydroxyl groups excluding tert-OH is 1. The van der Waals surface area contributed by atoms with E-state index in [4.69, 9.17) is 9.47 Å². The van der Waals surface area contributed by atoms with Crippen LogP contribution < -0.4 is 14.4 Å². The van der Waals surface area contributed by atoms with Gasteiger partial charge in [-0.2, -0.15) is 0 Å². The fourth-order valence-corrected chi connectivity index (χ4v) is 4.64. The molecule has 5 rings (SSSR count). The molecule has 4 aromatic rings. The smallest absolute Gasteiger partial charge is 0.302 e. The number of carbonyl (C=O) groups excluding carboxylic acids is 2. The number of methoxy groups -OCH3 is 2. The Hall–Kier alpha value is -4.11. The fourth-order valence-electron chi connectivity index (χ4n) is 4.38. The number of amides is 1. The minimum atomic E-state index is -0.963. The zero-order valence-corrected chi connectivity index (χ0v) is 21.3. The lowest BCUT2D eigenvalue weighted by atomic mass is 9.95. The molecule has 1 aromatic heterocycles. The zero-order valence-electron chi connectivity index (χ0n) is 19.7. The van der Waals surface area contributed by atoms with Crippen LogP contribution in [0.3, 0.4) is 0 Å². The summed E-state index contributed by atoms with van der Waals surface area (Å²) in [7, 11) is 3.02. The van der Waals surface area contributed by atoms with Crippen molar-refractivity contribution >= 4 is 50.4 Å². The lowest BCUT2D eigenvalue weighted by Gasteiger charge is -2.23. The van der Waals surface area contributed by atoms with E-state index in [-0.39, 0.29) is 17.3 Å². The Bertz CT molecular complexity index is 1540. The highest BCUT2D eigenvalue weighted by atomic mass is 79.9. The standard InChI is InChI=1S/C27H22BrN3O5/c1-14-4-10-18-19(12-14)30-27(29-18)31-23(16-7-11-20(35-2)21(13-16)36-3)22(25(33)26(31)34)24(32)15-5-8-17(28)9-6-15/h4-13,23,32H,1-3H3,(H,29,30)/b24-22+. The summed E-state index contributed by atoms with van der Waals surface area (Å²) in [5.74, 6) is -0.784. The monoisotopic (exact) mass is 547 g/mol. The van der Waals surface area contributed by atoms with Gasteiger partial charge in [-0.25, -0.2) is 4.98 Å². The molecule has 2 N–H and O–H groups in total. The number of anilines is 1. The third kappa shape index (κ3) is 3.91. The number of carbonyl (C=O) groups is 2. The highest BCUT2D eigenvalue weighted by Gasteiger charge is 2.48. The number of imidazole rings is 1. The van der Waals surface area contributed by atoms with E-state index in [2.05, 4.69) is 25.9 Å². The van der Waals surface area contributed by atoms with E-state index in [0.29, 0.717) is 28.1 Å². The molecule has 2 heterocycles. The van der Waals surface area contributed by atoms with Crippen LogP contribution in [0, 0.1) is 6.92 Å². The van der Waals surface area contributed by atoms with Crippen LogP contribution in [-0.2, 0) is 9.59 Å². The van der Waals surface area contributed by atoms with Gasteiger partial charge in [-0.15, -0.1) is 0 Å². The first-order valence-corrected chi connectivity index (χ1v) is 11.9. The molecule has 9 heteroatoms. The lowest BCUT2D eigenvalue weighted by molar-refractivity contribution is -0.132. The SMILES string of the molecule is COc1ccc(C2/C(=C(\O)c3ccc(Br)cc3)C(=O)C(=O)N2c2nc3ccc(C)cc3[nH]2)cc1OC. The molecule has 0 radical (unpaired) electrons. The van der Waals surface area contributed by atoms with Gasteiger partial charge in [0, 0.05) is 10.0 Å². The van der Waals surface area contributed by atoms with E-state index in [0.717, 1.165) is 15.6 Å². The molecular formula is C27H22BrN3O5. The number of hydrogen-bond acceptors (Lipinski definition) is 6. The number of ketones is 1. The summed E-state index contributed by atoms with van der Waals surface area (Å²) >= 11 is 3.37. The number of aliphatic hydroxyl groups is 1. The van der Waals surface area contributed by atoms with Crippen molar-refractivity contribution in [3.8, 4) is 11.5 Å². The predicted octanol–water partition coefficient (Wildman–Crippen LogP) is 5.28. The maximum atomic E-state index is 13.4. The Morgan fingerprint density at radius 3 is 2.42 bits per heavy atom. The predicted molar refractivity (Wildman–Crippen MR) is 139 cm³/mol. The molecule has 1 aliphatic heterocycles. The van der Waals surface area contributed by atoms with Gasteiger partial charge in [-0.3, -0.25) is 14.5 Å². The van der Waals surface area contributed by atoms with E-state index in [9.17, 15) is 14.7 Å². The number of aromatic nitrogens is 2. The van der Waals surface area contributed by atoms with Gasteiger partial charge in [0.05, 0.1) is 36.9 Å². The van der Waals surface area contributed by atoms with Crippen molar-refractivity contribution in [2.24, 2.45) is 0 Å². The number of nitrogens with one attached hydrogen (secondary N) is 1. The van der Waals surface area contributed by atoms with Crippen molar-refractivity contribution in [2.45, 2.75) is 13.0 Å². The first kappa shape index (κ1) is 23.6. The van der Waals surface area contributed by atoms with Crippen LogP contribution in [0.15, 0.2) is 70.7 Å². The number of aryl methyl sites for hydroxylation is 1. The largest absolute Gasteiger partial charge is 0.507 e. The molecule has 1 unspecified atom stereocenters. The number of Topliss-reactive ketones (excluding diaryl/α,β-unsaturated/α-hetero) is 1. The normalized spacial score (nSPS) is 17.1. The minimum Gasteiger partial charge on any atom is -0.507 e. The van der Waals surface area contributed by atoms with Gasteiger partial charge in [0.1, 0.15) is 5.76 Å². The molecule has 0 saturated carbocycles. The van der Waals surface area contributed by atoms with Crippen molar-refractivity contribution in [3.05, 3.63) is 87.4 Å². The topological polar surface area (TPSA) is 105 Å². The quantitative estimate of drug-likeness (QED) is 0.200. The summed E-state index contributed by atoms with van der Waals surface area (Å²) < 4.78 is 11.6. The van der Waals surface area contributed by atoms with Gasteiger partial charge in [0.2, 0.25) is 5.95 Å². The van der Waals surface area contributed by atoms with Crippen molar-refractivity contribution in [2.75, 3.05) is 19.1 Å². The van der Waals surface area contributed by atoms with Gasteiger partial charge >= 0.3 is 5.91 Å². The van der Waals surface area contributed by atoms with Crippen LogP contribution >= 0.6 is 15.9 Å². The Morgan fingerprint density at radius 2 is 1.72 bits per heavy atom. The highest BCUT2D eigenvalue weighted by molar-refractivity contribution is 9.10. The van der Waals surface area contributed by atoms with Crippen molar-refractivity contribution < 1.29 is 24.2 Å². The molecule has 8 nitrogen and oxygen atoms in total. The summed E-state index contributed by atoms with van der Waals surface area (Å²) in [5, 5.41) is 11.3. The third-order valence-corrected chi connectivity index (χ3v) is 6.67. The molecule has 0 spiro atoms. The lowest BCUT2D eigenvalue weighted by Crippen LogP contribution is -2.30. The summed E-state index contributed by atoms with van der Waals surface area (Å²) in [6, 6.07) is 16.6. The molecule has 1 saturated heterocycles. The van der Waals surface area contributed by atoms with Crippen LogP contribution in [0.2, 0.25) is 0 Å². The third-order valence-electron chi connectivity index (χ3n) is 6.14. The van der Waals surface area contributed by atoms with Gasteiger partial charge < -0.3 is 19.6 Å². The van der Waals surface area contributed by atoms with Crippen molar-refractivity contribution in [1.29, 1.82) is 0 Å². The van der Waals surface area contributed by atoms with Crippen molar-refractivity contribution in [3.63, 3.8) is 0 Å². The molecule has 0 aliphatic carbocycles. The molecule has 3 aromatic carbocycles. The van der Waals surface area contributed by atoms with E-state index < -0.39 is 17.7 Å². The van der Waals surface area contributed by atoms with E-state index in [1.165, 1.54) is 19.1 Å². The maximum Gasteiger partial charge on any atom is 0.302 e. The number of fused-ring (bicyclic) bond motifs is 1. The van der Waals surface area contributed by atoms with Crippen LogP contribution in [0.1, 0.15) is 22.7 Å². The molecule has 0 bridgehead atoms.